The number of para-hydroxylation sites is 1. The highest BCUT2D eigenvalue weighted by atomic mass is 16.5. The third kappa shape index (κ3) is 6.73. The summed E-state index contributed by atoms with van der Waals surface area (Å²) >= 11 is 0. The van der Waals surface area contributed by atoms with Crippen molar-refractivity contribution in [1.29, 1.82) is 0 Å². The molecule has 0 atom stereocenters. The number of amides is 3. The van der Waals surface area contributed by atoms with Crippen LogP contribution in [0.5, 0.6) is 17.2 Å². The van der Waals surface area contributed by atoms with Gasteiger partial charge < -0.3 is 30.2 Å². The third-order valence-electron chi connectivity index (χ3n) is 4.64. The van der Waals surface area contributed by atoms with Crippen LogP contribution < -0.4 is 30.2 Å². The molecule has 0 bridgehead atoms. The van der Waals surface area contributed by atoms with Gasteiger partial charge in [-0.2, -0.15) is 0 Å². The fourth-order valence-corrected chi connectivity index (χ4v) is 2.97. The first-order valence-electron chi connectivity index (χ1n) is 10.4. The predicted octanol–water partition coefficient (Wildman–Crippen LogP) is 3.09. The number of methoxy groups -OCH3 is 2. The van der Waals surface area contributed by atoms with Gasteiger partial charge in [0.2, 0.25) is 5.91 Å². The summed E-state index contributed by atoms with van der Waals surface area (Å²) in [5.74, 6) is -0.0644. The molecule has 34 heavy (non-hydrogen) atoms. The highest BCUT2D eigenvalue weighted by Crippen LogP contribution is 2.36. The number of ether oxygens (including phenoxy) is 3. The van der Waals surface area contributed by atoms with E-state index in [-0.39, 0.29) is 19.1 Å². The molecule has 0 aliphatic carbocycles. The van der Waals surface area contributed by atoms with E-state index in [0.717, 1.165) is 0 Å². The number of rotatable bonds is 10. The minimum Gasteiger partial charge on any atom is -0.494 e. The largest absolute Gasteiger partial charge is 0.494 e. The van der Waals surface area contributed by atoms with E-state index in [0.29, 0.717) is 34.2 Å². The molecule has 0 unspecified atom stereocenters. The Hall–Kier alpha value is -4.53. The van der Waals surface area contributed by atoms with Crippen LogP contribution in [0.2, 0.25) is 0 Å². The predicted molar refractivity (Wildman–Crippen MR) is 128 cm³/mol. The summed E-state index contributed by atoms with van der Waals surface area (Å²) in [5, 5.41) is 7.93. The van der Waals surface area contributed by atoms with Crippen molar-refractivity contribution >= 4 is 29.1 Å². The Morgan fingerprint density at radius 2 is 1.29 bits per heavy atom. The molecule has 0 aliphatic heterocycles. The van der Waals surface area contributed by atoms with Gasteiger partial charge in [-0.3, -0.25) is 14.4 Å². The van der Waals surface area contributed by atoms with Crippen molar-refractivity contribution < 1.29 is 28.6 Å². The first kappa shape index (κ1) is 24.1. The van der Waals surface area contributed by atoms with Crippen LogP contribution >= 0.6 is 0 Å². The van der Waals surface area contributed by atoms with Crippen LogP contribution in [0, 0.1) is 0 Å². The van der Waals surface area contributed by atoms with Gasteiger partial charge in [-0.05, 0) is 24.3 Å². The van der Waals surface area contributed by atoms with Crippen molar-refractivity contribution in [3.05, 3.63) is 78.4 Å². The summed E-state index contributed by atoms with van der Waals surface area (Å²) in [4.78, 5) is 36.8. The molecule has 0 spiro atoms. The summed E-state index contributed by atoms with van der Waals surface area (Å²) in [7, 11) is 2.88. The highest BCUT2D eigenvalue weighted by molar-refractivity contribution is 6.05. The van der Waals surface area contributed by atoms with Crippen LogP contribution in [0.3, 0.4) is 0 Å². The number of anilines is 2. The number of benzene rings is 3. The molecule has 176 valence electrons. The molecule has 0 saturated carbocycles. The van der Waals surface area contributed by atoms with Crippen LogP contribution in [0.4, 0.5) is 11.4 Å². The smallest absolute Gasteiger partial charge is 0.258 e. The number of hydrogen-bond acceptors (Lipinski definition) is 6. The monoisotopic (exact) mass is 463 g/mol. The van der Waals surface area contributed by atoms with Crippen molar-refractivity contribution in [3.63, 3.8) is 0 Å². The maximum atomic E-state index is 12.5. The number of hydrogen-bond donors (Lipinski definition) is 3. The Balaban J connectivity index is 1.60. The third-order valence-corrected chi connectivity index (χ3v) is 4.64. The minimum atomic E-state index is -0.477. The van der Waals surface area contributed by atoms with Crippen LogP contribution in [0.25, 0.3) is 0 Å². The molecule has 3 rings (SSSR count). The lowest BCUT2D eigenvalue weighted by Gasteiger charge is -2.16. The van der Waals surface area contributed by atoms with Crippen LogP contribution in [0.15, 0.2) is 72.8 Å². The molecule has 3 aromatic rings. The molecule has 0 fully saturated rings. The topological polar surface area (TPSA) is 115 Å². The van der Waals surface area contributed by atoms with Crippen LogP contribution in [-0.4, -0.2) is 45.1 Å². The van der Waals surface area contributed by atoms with Gasteiger partial charge in [0.1, 0.15) is 17.2 Å². The second-order valence-electron chi connectivity index (χ2n) is 7.00. The van der Waals surface area contributed by atoms with Gasteiger partial charge in [-0.15, -0.1) is 0 Å². The molecule has 9 nitrogen and oxygen atoms in total. The fraction of sp³-hybridized carbons (Fsp3) is 0.160. The van der Waals surface area contributed by atoms with Gasteiger partial charge in [0, 0.05) is 17.7 Å². The Bertz CT molecular complexity index is 1140. The Morgan fingerprint density at radius 3 is 1.88 bits per heavy atom. The molecule has 0 saturated heterocycles. The summed E-state index contributed by atoms with van der Waals surface area (Å²) in [6.45, 7) is -0.487. The van der Waals surface area contributed by atoms with Crippen LogP contribution in [0.1, 0.15) is 10.4 Å². The Morgan fingerprint density at radius 1 is 0.735 bits per heavy atom. The second kappa shape index (κ2) is 11.9. The SMILES string of the molecule is COc1cc(NC(=O)c2ccccc2)c(OC)cc1NC(=O)CNC(=O)COc1ccccc1. The van der Waals surface area contributed by atoms with Gasteiger partial charge in [0.15, 0.2) is 6.61 Å². The van der Waals surface area contributed by atoms with Gasteiger partial charge in [-0.25, -0.2) is 0 Å². The summed E-state index contributed by atoms with van der Waals surface area (Å²) in [5.41, 5.74) is 1.17. The van der Waals surface area contributed by atoms with E-state index in [1.165, 1.54) is 20.3 Å². The van der Waals surface area contributed by atoms with Gasteiger partial charge in [-0.1, -0.05) is 36.4 Å². The average molecular weight is 463 g/mol. The second-order valence-corrected chi connectivity index (χ2v) is 7.00. The lowest BCUT2D eigenvalue weighted by molar-refractivity contribution is -0.125. The van der Waals surface area contributed by atoms with Crippen molar-refractivity contribution in [2.75, 3.05) is 38.0 Å². The standard InChI is InChI=1S/C25H25N3O6/c1-32-21-14-20(28-25(31)17-9-5-3-6-10-17)22(33-2)13-19(21)27-23(29)15-26-24(30)16-34-18-11-7-4-8-12-18/h3-14H,15-16H2,1-2H3,(H,26,30)(H,27,29)(H,28,31). The van der Waals surface area contributed by atoms with E-state index in [2.05, 4.69) is 16.0 Å². The zero-order valence-corrected chi connectivity index (χ0v) is 18.8. The zero-order chi connectivity index (χ0) is 24.3. The first-order valence-corrected chi connectivity index (χ1v) is 10.4. The lowest BCUT2D eigenvalue weighted by Crippen LogP contribution is -2.35. The summed E-state index contributed by atoms with van der Waals surface area (Å²) < 4.78 is 16.1. The van der Waals surface area contributed by atoms with E-state index in [4.69, 9.17) is 14.2 Å². The summed E-state index contributed by atoms with van der Waals surface area (Å²) in [6.07, 6.45) is 0. The van der Waals surface area contributed by atoms with E-state index in [1.807, 2.05) is 12.1 Å². The van der Waals surface area contributed by atoms with E-state index in [1.54, 1.807) is 54.6 Å². The molecule has 9 heteroatoms. The van der Waals surface area contributed by atoms with Crippen molar-refractivity contribution in [2.24, 2.45) is 0 Å². The van der Waals surface area contributed by atoms with Crippen molar-refractivity contribution in [1.82, 2.24) is 5.32 Å². The van der Waals surface area contributed by atoms with Gasteiger partial charge >= 0.3 is 0 Å². The normalized spacial score (nSPS) is 10.1. The van der Waals surface area contributed by atoms with E-state index in [9.17, 15) is 14.4 Å². The Kier molecular flexibility index (Phi) is 8.45. The lowest BCUT2D eigenvalue weighted by atomic mass is 10.2. The Labute approximate surface area is 197 Å². The maximum Gasteiger partial charge on any atom is 0.258 e. The zero-order valence-electron chi connectivity index (χ0n) is 18.8. The van der Waals surface area contributed by atoms with Crippen molar-refractivity contribution in [3.8, 4) is 17.2 Å². The van der Waals surface area contributed by atoms with Crippen molar-refractivity contribution in [2.45, 2.75) is 0 Å². The molecule has 0 aromatic heterocycles. The molecular weight excluding hydrogens is 438 g/mol. The molecule has 0 heterocycles. The summed E-state index contributed by atoms with van der Waals surface area (Å²) in [6, 6.07) is 20.7. The maximum absolute atomic E-state index is 12.5. The van der Waals surface area contributed by atoms with Gasteiger partial charge in [0.05, 0.1) is 32.1 Å². The first-order chi connectivity index (χ1) is 16.5. The van der Waals surface area contributed by atoms with Crippen LogP contribution in [-0.2, 0) is 9.59 Å². The minimum absolute atomic E-state index is 0.218. The molecule has 0 aliphatic rings. The number of carbonyl (C=O) groups is 3. The quantitative estimate of drug-likeness (QED) is 0.426. The number of carbonyl (C=O) groups excluding carboxylic acids is 3. The molecule has 0 radical (unpaired) electrons. The molecule has 3 N–H and O–H groups in total. The fourth-order valence-electron chi connectivity index (χ4n) is 2.97. The molecular formula is C25H25N3O6. The molecule has 3 aromatic carbocycles. The average Bonchev–Trinajstić information content (AvgIpc) is 2.87. The van der Waals surface area contributed by atoms with Gasteiger partial charge in [0.25, 0.3) is 11.8 Å². The van der Waals surface area contributed by atoms with E-state index < -0.39 is 11.8 Å². The molecule has 3 amide bonds. The number of nitrogens with one attached hydrogen (secondary N) is 3. The highest BCUT2D eigenvalue weighted by Gasteiger charge is 2.16. The van der Waals surface area contributed by atoms with E-state index >= 15 is 0 Å².